The molecule has 6 nitrogen and oxygen atoms in total. The first-order chi connectivity index (χ1) is 10.8. The van der Waals surface area contributed by atoms with E-state index in [4.69, 9.17) is 0 Å². The topological polar surface area (TPSA) is 72.9 Å². The molecule has 0 amide bonds. The largest absolute Gasteiger partial charge is 0.534 e. The summed E-state index contributed by atoms with van der Waals surface area (Å²) in [6.45, 7) is -1.45. The van der Waals surface area contributed by atoms with Gasteiger partial charge in [-0.3, -0.25) is 4.90 Å². The van der Waals surface area contributed by atoms with Crippen molar-refractivity contribution in [1.82, 2.24) is 4.90 Å². The minimum Gasteiger partial charge on any atom is -0.462 e. The number of hydrogen-bond donors (Lipinski definition) is 0. The fraction of sp³-hybridized carbons (Fsp3) is 0.727. The molecule has 0 fully saturated rings. The zero-order valence-electron chi connectivity index (χ0n) is 12.2. The van der Waals surface area contributed by atoms with Gasteiger partial charge in [0.25, 0.3) is 0 Å². The fourth-order valence-corrected chi connectivity index (χ4v) is 2.40. The molecule has 0 N–H and O–H groups in total. The molecule has 0 radical (unpaired) electrons. The molecule has 1 heterocycles. The monoisotopic (exact) mass is 385 g/mol. The highest BCUT2D eigenvalue weighted by Crippen LogP contribution is 2.31. The molecule has 0 aromatic heterocycles. The molecule has 1 aliphatic rings. The van der Waals surface area contributed by atoms with E-state index in [0.29, 0.717) is 0 Å². The number of esters is 1. The smallest absolute Gasteiger partial charge is 0.462 e. The first-order valence-corrected chi connectivity index (χ1v) is 7.86. The Labute approximate surface area is 133 Å². The number of alkyl halides is 6. The summed E-state index contributed by atoms with van der Waals surface area (Å²) < 4.78 is 105. The third-order valence-corrected chi connectivity index (χ3v) is 3.78. The van der Waals surface area contributed by atoms with Crippen molar-refractivity contribution in [2.24, 2.45) is 0 Å². The molecule has 0 aromatic rings. The lowest BCUT2D eigenvalue weighted by Crippen LogP contribution is -2.41. The summed E-state index contributed by atoms with van der Waals surface area (Å²) in [4.78, 5) is 12.4. The highest BCUT2D eigenvalue weighted by molar-refractivity contribution is 7.87. The van der Waals surface area contributed by atoms with Gasteiger partial charge in [0.15, 0.2) is 0 Å². The zero-order valence-corrected chi connectivity index (χ0v) is 13.0. The molecule has 1 rings (SSSR count). The fourth-order valence-electron chi connectivity index (χ4n) is 1.86. The summed E-state index contributed by atoms with van der Waals surface area (Å²) in [7, 11) is -6.04. The maximum absolute atomic E-state index is 12.4. The second-order valence-electron chi connectivity index (χ2n) is 4.68. The molecular weight excluding hydrogens is 372 g/mol. The van der Waals surface area contributed by atoms with Gasteiger partial charge in [-0.15, -0.1) is 0 Å². The van der Waals surface area contributed by atoms with Crippen molar-refractivity contribution >= 4 is 16.1 Å². The molecule has 0 saturated heterocycles. The van der Waals surface area contributed by atoms with E-state index >= 15 is 0 Å². The van der Waals surface area contributed by atoms with E-state index in [-0.39, 0.29) is 6.61 Å². The van der Waals surface area contributed by atoms with Crippen molar-refractivity contribution in [3.8, 4) is 0 Å². The van der Waals surface area contributed by atoms with Crippen LogP contribution in [-0.4, -0.2) is 57.2 Å². The molecule has 0 unspecified atom stereocenters. The summed E-state index contributed by atoms with van der Waals surface area (Å²) in [5, 5.41) is 0. The Hall–Kier alpha value is -1.50. The summed E-state index contributed by atoms with van der Waals surface area (Å²) in [5.74, 6) is -2.11. The molecule has 140 valence electrons. The average Bonchev–Trinajstić information content (AvgIpc) is 2.37. The van der Waals surface area contributed by atoms with Gasteiger partial charge in [-0.1, -0.05) is 0 Å². The van der Waals surface area contributed by atoms with E-state index in [0.717, 1.165) is 4.90 Å². The predicted molar refractivity (Wildman–Crippen MR) is 66.8 cm³/mol. The lowest BCUT2D eigenvalue weighted by Gasteiger charge is -2.29. The maximum Gasteiger partial charge on any atom is 0.534 e. The molecule has 0 aromatic carbocycles. The molecule has 1 aliphatic heterocycles. The van der Waals surface area contributed by atoms with E-state index in [9.17, 15) is 39.6 Å². The third kappa shape index (κ3) is 5.54. The third-order valence-electron chi connectivity index (χ3n) is 2.79. The Morgan fingerprint density at radius 1 is 1.21 bits per heavy atom. The van der Waals surface area contributed by atoms with Crippen LogP contribution in [0.1, 0.15) is 13.3 Å². The van der Waals surface area contributed by atoms with Gasteiger partial charge in [-0.25, -0.2) is 4.79 Å². The van der Waals surface area contributed by atoms with Crippen LogP contribution in [0.15, 0.2) is 11.3 Å². The van der Waals surface area contributed by atoms with Gasteiger partial charge in [0.1, 0.15) is 5.76 Å². The van der Waals surface area contributed by atoms with Crippen molar-refractivity contribution in [1.29, 1.82) is 0 Å². The quantitative estimate of drug-likeness (QED) is 0.312. The minimum atomic E-state index is -6.04. The molecule has 0 atom stereocenters. The van der Waals surface area contributed by atoms with Crippen molar-refractivity contribution in [2.75, 3.05) is 26.2 Å². The lowest BCUT2D eigenvalue weighted by atomic mass is 10.1. The minimum absolute atomic E-state index is 0.207. The number of carbonyl (C=O) groups excluding carboxylic acids is 1. The molecule has 0 bridgehead atoms. The van der Waals surface area contributed by atoms with Gasteiger partial charge in [-0.05, 0) is 6.92 Å². The first-order valence-electron chi connectivity index (χ1n) is 6.46. The SMILES string of the molecule is CCOC(=O)C1=C(OS(=O)(=O)C(F)(F)F)CCN(CC(F)(F)F)C1. The van der Waals surface area contributed by atoms with E-state index in [1.54, 1.807) is 0 Å². The molecule has 0 saturated carbocycles. The van der Waals surface area contributed by atoms with Crippen LogP contribution in [-0.2, 0) is 23.8 Å². The Kier molecular flexibility index (Phi) is 6.14. The maximum atomic E-state index is 12.4. The van der Waals surface area contributed by atoms with Crippen molar-refractivity contribution in [3.63, 3.8) is 0 Å². The van der Waals surface area contributed by atoms with Gasteiger partial charge in [0.05, 0.1) is 18.7 Å². The number of hydrogen-bond acceptors (Lipinski definition) is 6. The Balaban J connectivity index is 3.11. The van der Waals surface area contributed by atoms with Crippen LogP contribution in [0.5, 0.6) is 0 Å². The molecule has 0 aliphatic carbocycles. The van der Waals surface area contributed by atoms with Gasteiger partial charge < -0.3 is 8.92 Å². The highest BCUT2D eigenvalue weighted by Gasteiger charge is 2.49. The lowest BCUT2D eigenvalue weighted by molar-refractivity contribution is -0.149. The van der Waals surface area contributed by atoms with E-state index < -0.39 is 65.2 Å². The van der Waals surface area contributed by atoms with Crippen molar-refractivity contribution in [2.45, 2.75) is 25.0 Å². The summed E-state index contributed by atoms with van der Waals surface area (Å²) in [6, 6.07) is 0. The van der Waals surface area contributed by atoms with Crippen molar-refractivity contribution < 1.29 is 48.5 Å². The number of rotatable bonds is 5. The normalized spacial score (nSPS) is 17.8. The average molecular weight is 385 g/mol. The second-order valence-corrected chi connectivity index (χ2v) is 6.22. The van der Waals surface area contributed by atoms with E-state index in [1.165, 1.54) is 6.92 Å². The van der Waals surface area contributed by atoms with E-state index in [1.807, 2.05) is 0 Å². The van der Waals surface area contributed by atoms with Crippen LogP contribution < -0.4 is 0 Å². The number of ether oxygens (including phenoxy) is 1. The number of carbonyl (C=O) groups is 1. The Bertz CT molecular complexity index is 609. The molecule has 24 heavy (non-hydrogen) atoms. The number of halogens is 6. The summed E-state index contributed by atoms with van der Waals surface area (Å²) in [6.07, 6.45) is -5.23. The molecule has 13 heteroatoms. The standard InChI is InChI=1S/C11H13F6NO5S/c1-2-22-9(19)7-5-18(6-10(12,13)14)4-3-8(7)23-24(20,21)11(15,16)17/h2-6H2,1H3. The van der Waals surface area contributed by atoms with Crippen LogP contribution >= 0.6 is 0 Å². The van der Waals surface area contributed by atoms with Gasteiger partial charge in [0.2, 0.25) is 0 Å². The summed E-state index contributed by atoms with van der Waals surface area (Å²) >= 11 is 0. The van der Waals surface area contributed by atoms with Gasteiger partial charge in [-0.2, -0.15) is 34.8 Å². The predicted octanol–water partition coefficient (Wildman–Crippen LogP) is 1.94. The van der Waals surface area contributed by atoms with Crippen LogP contribution in [0.3, 0.4) is 0 Å². The first kappa shape index (κ1) is 20.5. The number of nitrogens with zero attached hydrogens (tertiary/aromatic N) is 1. The van der Waals surface area contributed by atoms with E-state index in [2.05, 4.69) is 8.92 Å². The van der Waals surface area contributed by atoms with Gasteiger partial charge >= 0.3 is 27.8 Å². The van der Waals surface area contributed by atoms with Gasteiger partial charge in [0, 0.05) is 19.5 Å². The second kappa shape index (κ2) is 7.17. The van der Waals surface area contributed by atoms with Crippen LogP contribution in [0, 0.1) is 0 Å². The van der Waals surface area contributed by atoms with Crippen LogP contribution in [0.25, 0.3) is 0 Å². The zero-order chi connectivity index (χ0) is 18.8. The van der Waals surface area contributed by atoms with Crippen molar-refractivity contribution in [3.05, 3.63) is 11.3 Å². The Morgan fingerprint density at radius 2 is 1.79 bits per heavy atom. The van der Waals surface area contributed by atoms with Crippen LogP contribution in [0.2, 0.25) is 0 Å². The summed E-state index contributed by atoms with van der Waals surface area (Å²) in [5.41, 5.74) is -6.43. The highest BCUT2D eigenvalue weighted by atomic mass is 32.2. The molecule has 0 spiro atoms. The van der Waals surface area contributed by atoms with Crippen LogP contribution in [0.4, 0.5) is 26.3 Å². The Morgan fingerprint density at radius 3 is 2.25 bits per heavy atom. The molecular formula is C11H13F6NO5S.